The molecule has 0 aliphatic carbocycles. The summed E-state index contributed by atoms with van der Waals surface area (Å²) in [6.45, 7) is 6.17. The number of hydrogen-bond acceptors (Lipinski definition) is 3. The third kappa shape index (κ3) is 1.49. The minimum absolute atomic E-state index is 0.0674. The highest BCUT2D eigenvalue weighted by atomic mass is 16.5. The lowest BCUT2D eigenvalue weighted by Crippen LogP contribution is -2.19. The Morgan fingerprint density at radius 2 is 2.33 bits per heavy atom. The summed E-state index contributed by atoms with van der Waals surface area (Å²) < 4.78 is 6.62. The number of rotatable bonds is 3. The van der Waals surface area contributed by atoms with Crippen molar-refractivity contribution in [3.8, 4) is 6.01 Å². The SMILES string of the molecule is CCOc1n[nH]c(=O)n1C(C)C. The van der Waals surface area contributed by atoms with Crippen LogP contribution < -0.4 is 10.4 Å². The van der Waals surface area contributed by atoms with E-state index in [0.717, 1.165) is 0 Å². The number of H-pyrrole nitrogens is 1. The predicted octanol–water partition coefficient (Wildman–Crippen LogP) is 0.551. The normalized spacial score (nSPS) is 10.7. The summed E-state index contributed by atoms with van der Waals surface area (Å²) in [7, 11) is 0. The Kier molecular flexibility index (Phi) is 2.52. The largest absolute Gasteiger partial charge is 0.464 e. The zero-order chi connectivity index (χ0) is 9.14. The highest BCUT2D eigenvalue weighted by Crippen LogP contribution is 2.09. The first-order valence-electron chi connectivity index (χ1n) is 3.96. The Morgan fingerprint density at radius 3 is 2.83 bits per heavy atom. The van der Waals surface area contributed by atoms with Gasteiger partial charge in [0.05, 0.1) is 6.61 Å². The van der Waals surface area contributed by atoms with Crippen LogP contribution in [0.5, 0.6) is 6.01 Å². The highest BCUT2D eigenvalue weighted by molar-refractivity contribution is 4.94. The van der Waals surface area contributed by atoms with Gasteiger partial charge in [-0.1, -0.05) is 0 Å². The van der Waals surface area contributed by atoms with Gasteiger partial charge in [0, 0.05) is 6.04 Å². The first-order chi connectivity index (χ1) is 5.66. The molecule has 0 aliphatic rings. The van der Waals surface area contributed by atoms with Crippen molar-refractivity contribution in [3.05, 3.63) is 10.5 Å². The second-order valence-electron chi connectivity index (χ2n) is 2.71. The zero-order valence-electron chi connectivity index (χ0n) is 7.50. The molecule has 0 aromatic carbocycles. The Labute approximate surface area is 70.4 Å². The second-order valence-corrected chi connectivity index (χ2v) is 2.71. The molecule has 0 saturated heterocycles. The van der Waals surface area contributed by atoms with E-state index in [1.807, 2.05) is 20.8 Å². The number of nitrogens with zero attached hydrogens (tertiary/aromatic N) is 2. The van der Waals surface area contributed by atoms with E-state index in [1.54, 1.807) is 0 Å². The molecule has 12 heavy (non-hydrogen) atoms. The van der Waals surface area contributed by atoms with E-state index in [2.05, 4.69) is 10.2 Å². The molecule has 0 amide bonds. The van der Waals surface area contributed by atoms with Crippen molar-refractivity contribution in [2.24, 2.45) is 0 Å². The van der Waals surface area contributed by atoms with Crippen LogP contribution in [0.1, 0.15) is 26.8 Å². The monoisotopic (exact) mass is 171 g/mol. The molecule has 1 rings (SSSR count). The smallest absolute Gasteiger partial charge is 0.346 e. The molecule has 0 bridgehead atoms. The van der Waals surface area contributed by atoms with Crippen LogP contribution >= 0.6 is 0 Å². The number of nitrogens with one attached hydrogen (secondary N) is 1. The fourth-order valence-electron chi connectivity index (χ4n) is 0.977. The van der Waals surface area contributed by atoms with E-state index < -0.39 is 0 Å². The molecule has 0 unspecified atom stereocenters. The molecule has 0 atom stereocenters. The van der Waals surface area contributed by atoms with Crippen molar-refractivity contribution >= 4 is 0 Å². The van der Waals surface area contributed by atoms with Crippen molar-refractivity contribution in [3.63, 3.8) is 0 Å². The number of ether oxygens (including phenoxy) is 1. The van der Waals surface area contributed by atoms with Crippen LogP contribution in [0.3, 0.4) is 0 Å². The summed E-state index contributed by atoms with van der Waals surface area (Å²) in [5.41, 5.74) is -0.228. The lowest BCUT2D eigenvalue weighted by atomic mass is 10.4. The van der Waals surface area contributed by atoms with Crippen molar-refractivity contribution in [1.29, 1.82) is 0 Å². The van der Waals surface area contributed by atoms with Crippen LogP contribution in [0, 0.1) is 0 Å². The van der Waals surface area contributed by atoms with E-state index in [4.69, 9.17) is 4.74 Å². The average molecular weight is 171 g/mol. The van der Waals surface area contributed by atoms with Crippen LogP contribution in [0.15, 0.2) is 4.79 Å². The molecule has 1 heterocycles. The quantitative estimate of drug-likeness (QED) is 0.722. The van der Waals surface area contributed by atoms with Crippen LogP contribution in [0.25, 0.3) is 0 Å². The first-order valence-corrected chi connectivity index (χ1v) is 3.96. The lowest BCUT2D eigenvalue weighted by Gasteiger charge is -2.07. The predicted molar refractivity (Wildman–Crippen MR) is 44.4 cm³/mol. The fourth-order valence-corrected chi connectivity index (χ4v) is 0.977. The summed E-state index contributed by atoms with van der Waals surface area (Å²) in [5, 5.41) is 6.07. The van der Waals surface area contributed by atoms with Crippen molar-refractivity contribution in [2.45, 2.75) is 26.8 Å². The average Bonchev–Trinajstić information content (AvgIpc) is 2.32. The molecule has 68 valence electrons. The molecule has 5 nitrogen and oxygen atoms in total. The molecule has 0 radical (unpaired) electrons. The molecule has 1 N–H and O–H groups in total. The molecular formula is C7H13N3O2. The maximum absolute atomic E-state index is 11.1. The van der Waals surface area contributed by atoms with Gasteiger partial charge in [0.25, 0.3) is 0 Å². The van der Waals surface area contributed by atoms with Gasteiger partial charge in [-0.15, -0.1) is 5.10 Å². The summed E-state index contributed by atoms with van der Waals surface area (Å²) in [5.74, 6) is 0. The number of hydrogen-bond donors (Lipinski definition) is 1. The fraction of sp³-hybridized carbons (Fsp3) is 0.714. The van der Waals surface area contributed by atoms with Gasteiger partial charge in [0.1, 0.15) is 0 Å². The van der Waals surface area contributed by atoms with Crippen LogP contribution in [-0.2, 0) is 0 Å². The van der Waals surface area contributed by atoms with E-state index in [-0.39, 0.29) is 11.7 Å². The van der Waals surface area contributed by atoms with Gasteiger partial charge >= 0.3 is 11.7 Å². The van der Waals surface area contributed by atoms with Crippen LogP contribution in [-0.4, -0.2) is 21.4 Å². The Morgan fingerprint density at radius 1 is 1.67 bits per heavy atom. The van der Waals surface area contributed by atoms with E-state index >= 15 is 0 Å². The molecule has 0 spiro atoms. The second kappa shape index (κ2) is 3.42. The Bertz CT molecular complexity index is 300. The third-order valence-corrected chi connectivity index (χ3v) is 1.46. The maximum Gasteiger partial charge on any atom is 0.346 e. The summed E-state index contributed by atoms with van der Waals surface area (Å²) in [4.78, 5) is 11.1. The van der Waals surface area contributed by atoms with Gasteiger partial charge in [-0.3, -0.25) is 0 Å². The molecule has 0 fully saturated rings. The summed E-state index contributed by atoms with van der Waals surface area (Å²) in [6.07, 6.45) is 0. The molecule has 1 aromatic rings. The minimum atomic E-state index is -0.228. The topological polar surface area (TPSA) is 59.9 Å². The maximum atomic E-state index is 11.1. The number of aromatic nitrogens is 3. The molecule has 5 heteroatoms. The Hall–Kier alpha value is -1.26. The summed E-state index contributed by atoms with van der Waals surface area (Å²) >= 11 is 0. The van der Waals surface area contributed by atoms with E-state index in [9.17, 15) is 4.79 Å². The number of aromatic amines is 1. The van der Waals surface area contributed by atoms with Gasteiger partial charge in [0.15, 0.2) is 0 Å². The molecule has 0 saturated carbocycles. The molecule has 1 aromatic heterocycles. The third-order valence-electron chi connectivity index (χ3n) is 1.46. The lowest BCUT2D eigenvalue weighted by molar-refractivity contribution is 0.287. The zero-order valence-corrected chi connectivity index (χ0v) is 7.50. The van der Waals surface area contributed by atoms with E-state index in [1.165, 1.54) is 4.57 Å². The van der Waals surface area contributed by atoms with Crippen molar-refractivity contribution in [1.82, 2.24) is 14.8 Å². The molecular weight excluding hydrogens is 158 g/mol. The van der Waals surface area contributed by atoms with Gasteiger partial charge in [-0.2, -0.15) is 0 Å². The Balaban J connectivity index is 3.04. The minimum Gasteiger partial charge on any atom is -0.464 e. The standard InChI is InChI=1S/C7H13N3O2/c1-4-12-7-9-8-6(11)10(7)5(2)3/h5H,4H2,1-3H3,(H,8,11). The van der Waals surface area contributed by atoms with Gasteiger partial charge in [-0.05, 0) is 20.8 Å². The van der Waals surface area contributed by atoms with Crippen LogP contribution in [0.2, 0.25) is 0 Å². The first kappa shape index (κ1) is 8.83. The highest BCUT2D eigenvalue weighted by Gasteiger charge is 2.10. The van der Waals surface area contributed by atoms with Gasteiger partial charge in [-0.25, -0.2) is 14.5 Å². The van der Waals surface area contributed by atoms with Gasteiger partial charge in [0.2, 0.25) is 0 Å². The van der Waals surface area contributed by atoms with Gasteiger partial charge < -0.3 is 4.74 Å². The van der Waals surface area contributed by atoms with Crippen molar-refractivity contribution in [2.75, 3.05) is 6.61 Å². The van der Waals surface area contributed by atoms with E-state index in [0.29, 0.717) is 12.6 Å². The molecule has 0 aliphatic heterocycles. The van der Waals surface area contributed by atoms with Crippen molar-refractivity contribution < 1.29 is 4.74 Å². The summed E-state index contributed by atoms with van der Waals surface area (Å²) in [6, 6.07) is 0.426. The van der Waals surface area contributed by atoms with Crippen LogP contribution in [0.4, 0.5) is 0 Å².